The van der Waals surface area contributed by atoms with Gasteiger partial charge in [-0.15, -0.1) is 92.1 Å². The van der Waals surface area contributed by atoms with Gasteiger partial charge in [-0.05, 0) is 26.7 Å². The van der Waals surface area contributed by atoms with Crippen LogP contribution in [0.15, 0.2) is 92.1 Å². The van der Waals surface area contributed by atoms with Gasteiger partial charge in [0.25, 0.3) is 0 Å². The zero-order chi connectivity index (χ0) is 31.1. The molecule has 0 aromatic rings. The van der Waals surface area contributed by atoms with E-state index >= 15 is 0 Å². The van der Waals surface area contributed by atoms with Gasteiger partial charge in [0.2, 0.25) is 0 Å². The molecule has 0 bridgehead atoms. The van der Waals surface area contributed by atoms with Gasteiger partial charge in [-0.1, -0.05) is 25.7 Å². The van der Waals surface area contributed by atoms with Crippen LogP contribution in [0.3, 0.4) is 0 Å². The number of aliphatic hydroxyl groups is 2. The van der Waals surface area contributed by atoms with E-state index in [2.05, 4.69) is 92.1 Å². The van der Waals surface area contributed by atoms with Gasteiger partial charge < -0.3 is 19.7 Å². The summed E-state index contributed by atoms with van der Waals surface area (Å²) in [5.41, 5.74) is 0. The van der Waals surface area contributed by atoms with E-state index in [1.54, 1.807) is 0 Å². The smallest absolute Gasteiger partial charge is 0.305 e. The molecule has 6 nitrogen and oxygen atoms in total. The van der Waals surface area contributed by atoms with E-state index in [0.29, 0.717) is 26.1 Å². The molecular weight excluding hydrogens is 456 g/mol. The van der Waals surface area contributed by atoms with Crippen LogP contribution in [0.1, 0.15) is 65.2 Å². The number of carbonyl (C=O) groups excluding carboxylic acids is 2. The van der Waals surface area contributed by atoms with Crippen molar-refractivity contribution in [1.82, 2.24) is 0 Å². The van der Waals surface area contributed by atoms with E-state index in [0.717, 1.165) is 38.5 Å². The van der Waals surface area contributed by atoms with E-state index in [4.69, 9.17) is 19.7 Å². The van der Waals surface area contributed by atoms with E-state index < -0.39 is 0 Å². The summed E-state index contributed by atoms with van der Waals surface area (Å²) in [5, 5.41) is 15.2. The second-order valence-corrected chi connectivity index (χ2v) is 4.68. The number of hydrogen-bond acceptors (Lipinski definition) is 6. The minimum Gasteiger partial charge on any atom is -0.466 e. The molecule has 0 rings (SSSR count). The summed E-state index contributed by atoms with van der Waals surface area (Å²) in [4.78, 5) is 22.1. The maximum Gasteiger partial charge on any atom is 0.305 e. The van der Waals surface area contributed by atoms with E-state index in [9.17, 15) is 9.59 Å². The first kappa shape index (κ1) is 58.7. The van der Waals surface area contributed by atoms with Crippen molar-refractivity contribution in [2.75, 3.05) is 26.4 Å². The van der Waals surface area contributed by atoms with Crippen LogP contribution in [0, 0.1) is 0 Å². The van der Waals surface area contributed by atoms with Crippen LogP contribution in [0.5, 0.6) is 0 Å². The average Bonchev–Trinajstić information content (AvgIpc) is 2.98. The highest BCUT2D eigenvalue weighted by molar-refractivity contribution is 5.69. The lowest BCUT2D eigenvalue weighted by Crippen LogP contribution is -2.03. The molecule has 0 unspecified atom stereocenters. The summed E-state index contributed by atoms with van der Waals surface area (Å²) in [7, 11) is 0. The van der Waals surface area contributed by atoms with Gasteiger partial charge in [-0.2, -0.15) is 0 Å². The molecule has 0 heterocycles. The van der Waals surface area contributed by atoms with Crippen molar-refractivity contribution in [3.05, 3.63) is 92.1 Å². The van der Waals surface area contributed by atoms with Gasteiger partial charge in [0, 0.05) is 12.8 Å². The molecule has 0 aliphatic heterocycles. The number of hydrogen-bond donors (Lipinski definition) is 2. The SMILES string of the molecule is C=C.C=C.C=C.C=C.C=C.C=C.C=C.CCOC(=O)CCCCCCCCC(=O)OCC.OCCO. The third kappa shape index (κ3) is 124. The summed E-state index contributed by atoms with van der Waals surface area (Å²) in [6, 6.07) is 0. The summed E-state index contributed by atoms with van der Waals surface area (Å²) in [6.07, 6.45) is 7.18. The molecule has 0 aliphatic carbocycles. The molecule has 216 valence electrons. The molecule has 0 saturated heterocycles. The molecule has 0 aromatic heterocycles. The molecule has 0 aromatic carbocycles. The van der Waals surface area contributed by atoms with Crippen molar-refractivity contribution < 1.29 is 29.3 Å². The van der Waals surface area contributed by atoms with Crippen LogP contribution in [0.2, 0.25) is 0 Å². The van der Waals surface area contributed by atoms with Crippen LogP contribution in [-0.4, -0.2) is 48.6 Å². The predicted molar refractivity (Wildman–Crippen MR) is 163 cm³/mol. The number of aliphatic hydroxyl groups excluding tert-OH is 2. The molecular formula is C30H60O6. The zero-order valence-corrected chi connectivity index (χ0v) is 23.9. The fourth-order valence-corrected chi connectivity index (χ4v) is 1.71. The lowest BCUT2D eigenvalue weighted by molar-refractivity contribution is -0.144. The summed E-state index contributed by atoms with van der Waals surface area (Å²) in [6.45, 7) is 46.3. The highest BCUT2D eigenvalue weighted by Crippen LogP contribution is 2.09. The van der Waals surface area contributed by atoms with Gasteiger partial charge in [0.1, 0.15) is 0 Å². The Hall–Kier alpha value is -2.96. The third-order valence-corrected chi connectivity index (χ3v) is 2.72. The van der Waals surface area contributed by atoms with Gasteiger partial charge in [-0.3, -0.25) is 9.59 Å². The molecule has 2 N–H and O–H groups in total. The monoisotopic (exact) mass is 516 g/mol. The number of unbranched alkanes of at least 4 members (excludes halogenated alkanes) is 5. The van der Waals surface area contributed by atoms with Crippen LogP contribution in [0.4, 0.5) is 0 Å². The summed E-state index contributed by atoms with van der Waals surface area (Å²) >= 11 is 0. The van der Waals surface area contributed by atoms with Crippen molar-refractivity contribution in [3.63, 3.8) is 0 Å². The average molecular weight is 517 g/mol. The Morgan fingerprint density at radius 2 is 0.667 bits per heavy atom. The zero-order valence-electron chi connectivity index (χ0n) is 23.9. The predicted octanol–water partition coefficient (Wildman–Crippen LogP) is 7.82. The minimum atomic E-state index is -0.125. The van der Waals surface area contributed by atoms with Gasteiger partial charge in [0.05, 0.1) is 26.4 Å². The van der Waals surface area contributed by atoms with Crippen molar-refractivity contribution >= 4 is 11.9 Å². The molecule has 0 spiro atoms. The lowest BCUT2D eigenvalue weighted by atomic mass is 10.1. The topological polar surface area (TPSA) is 93.1 Å². The van der Waals surface area contributed by atoms with Crippen molar-refractivity contribution in [2.24, 2.45) is 0 Å². The maximum atomic E-state index is 11.0. The highest BCUT2D eigenvalue weighted by atomic mass is 16.5. The first-order valence-corrected chi connectivity index (χ1v) is 11.6. The molecule has 6 heteroatoms. The number of ether oxygens (including phenoxy) is 2. The van der Waals surface area contributed by atoms with Gasteiger partial charge in [-0.25, -0.2) is 0 Å². The Morgan fingerprint density at radius 1 is 0.472 bits per heavy atom. The fraction of sp³-hybridized carbons (Fsp3) is 0.467. The van der Waals surface area contributed by atoms with Crippen LogP contribution >= 0.6 is 0 Å². The molecule has 0 fully saturated rings. The van der Waals surface area contributed by atoms with Crippen LogP contribution in [-0.2, 0) is 19.1 Å². The molecule has 0 atom stereocenters. The second-order valence-electron chi connectivity index (χ2n) is 4.68. The van der Waals surface area contributed by atoms with E-state index in [-0.39, 0.29) is 25.2 Å². The quantitative estimate of drug-likeness (QED) is 0.156. The van der Waals surface area contributed by atoms with Crippen LogP contribution < -0.4 is 0 Å². The second kappa shape index (κ2) is 106. The minimum absolute atomic E-state index is 0.0974. The molecule has 0 amide bonds. The molecule has 0 radical (unpaired) electrons. The Morgan fingerprint density at radius 3 is 0.833 bits per heavy atom. The Kier molecular flexibility index (Phi) is 173. The van der Waals surface area contributed by atoms with Crippen molar-refractivity contribution in [3.8, 4) is 0 Å². The first-order chi connectivity index (χ1) is 17.6. The Labute approximate surface area is 225 Å². The first-order valence-electron chi connectivity index (χ1n) is 11.6. The van der Waals surface area contributed by atoms with Crippen molar-refractivity contribution in [2.45, 2.75) is 65.2 Å². The molecule has 36 heavy (non-hydrogen) atoms. The molecule has 0 aliphatic rings. The summed E-state index contributed by atoms with van der Waals surface area (Å²) < 4.78 is 9.69. The standard InChI is InChI=1S/C14H26O4.C2H6O2.7C2H4/c1-3-17-13(15)11-9-7-5-6-8-10-12-14(16)18-4-2;3-1-2-4;7*1-2/h3-12H2,1-2H3;3-4H,1-2H2;7*1-2H2. The lowest BCUT2D eigenvalue weighted by Gasteiger charge is -2.03. The largest absolute Gasteiger partial charge is 0.466 e. The van der Waals surface area contributed by atoms with E-state index in [1.807, 2.05) is 13.8 Å². The third-order valence-electron chi connectivity index (χ3n) is 2.72. The van der Waals surface area contributed by atoms with Gasteiger partial charge >= 0.3 is 11.9 Å². The Bertz CT molecular complexity index is 303. The maximum absolute atomic E-state index is 11.0. The Balaban J connectivity index is -0.0000000480. The number of rotatable bonds is 12. The fourth-order valence-electron chi connectivity index (χ4n) is 1.71. The number of esters is 2. The molecule has 0 saturated carbocycles. The van der Waals surface area contributed by atoms with Crippen molar-refractivity contribution in [1.29, 1.82) is 0 Å². The van der Waals surface area contributed by atoms with Crippen LogP contribution in [0.25, 0.3) is 0 Å². The normalized spacial score (nSPS) is 6.67. The highest BCUT2D eigenvalue weighted by Gasteiger charge is 2.02. The summed E-state index contributed by atoms with van der Waals surface area (Å²) in [5.74, 6) is -0.195. The van der Waals surface area contributed by atoms with Gasteiger partial charge in [0.15, 0.2) is 0 Å². The number of carbonyl (C=O) groups is 2. The van der Waals surface area contributed by atoms with E-state index in [1.165, 1.54) is 0 Å².